The lowest BCUT2D eigenvalue weighted by molar-refractivity contribution is 0.0951. The number of benzene rings is 1. The second-order valence-corrected chi connectivity index (χ2v) is 5.18. The fraction of sp³-hybridized carbons (Fsp3) is 0.231. The average Bonchev–Trinajstić information content (AvgIpc) is 2.81. The summed E-state index contributed by atoms with van der Waals surface area (Å²) in [6.45, 7) is 4.28. The van der Waals surface area contributed by atoms with Crippen LogP contribution in [-0.4, -0.2) is 10.9 Å². The fourth-order valence-electron chi connectivity index (χ4n) is 1.71. The van der Waals surface area contributed by atoms with E-state index in [9.17, 15) is 4.79 Å². The highest BCUT2D eigenvalue weighted by atomic mass is 32.1. The quantitative estimate of drug-likeness (QED) is 0.589. The Morgan fingerprint density at radius 2 is 2.21 bits per heavy atom. The number of hydrogen-bond donors (Lipinski definition) is 3. The minimum absolute atomic E-state index is 0.112. The number of carbonyl (C=O) groups is 1. The molecule has 2 aromatic rings. The molecule has 0 bridgehead atoms. The molecule has 100 valence electrons. The molecule has 5 nitrogen and oxygen atoms in total. The van der Waals surface area contributed by atoms with E-state index in [0.717, 1.165) is 22.0 Å². The Balaban J connectivity index is 2.01. The van der Waals surface area contributed by atoms with E-state index in [1.165, 1.54) is 0 Å². The number of rotatable bonds is 4. The van der Waals surface area contributed by atoms with E-state index in [1.54, 1.807) is 29.5 Å². The molecule has 0 unspecified atom stereocenters. The number of hydrogen-bond acceptors (Lipinski definition) is 5. The SMILES string of the molecule is Cc1csc(CNC(=O)c2ccc(NN)c(C)c2)n1. The van der Waals surface area contributed by atoms with E-state index in [2.05, 4.69) is 15.7 Å². The first-order chi connectivity index (χ1) is 9.10. The Morgan fingerprint density at radius 3 is 2.79 bits per heavy atom. The lowest BCUT2D eigenvalue weighted by atomic mass is 10.1. The molecule has 1 aromatic heterocycles. The van der Waals surface area contributed by atoms with Gasteiger partial charge in [0.2, 0.25) is 0 Å². The lowest BCUT2D eigenvalue weighted by Gasteiger charge is -2.08. The molecule has 1 aromatic carbocycles. The molecule has 1 heterocycles. The van der Waals surface area contributed by atoms with Gasteiger partial charge >= 0.3 is 0 Å². The summed E-state index contributed by atoms with van der Waals surface area (Å²) >= 11 is 1.54. The minimum atomic E-state index is -0.112. The van der Waals surface area contributed by atoms with Crippen molar-refractivity contribution in [2.75, 3.05) is 5.43 Å². The van der Waals surface area contributed by atoms with Crippen LogP contribution < -0.4 is 16.6 Å². The van der Waals surface area contributed by atoms with Crippen LogP contribution in [0.5, 0.6) is 0 Å². The Bertz CT molecular complexity index is 594. The summed E-state index contributed by atoms with van der Waals surface area (Å²) in [5, 5.41) is 5.72. The number of nitrogens with one attached hydrogen (secondary N) is 2. The fourth-order valence-corrected chi connectivity index (χ4v) is 2.42. The summed E-state index contributed by atoms with van der Waals surface area (Å²) in [6.07, 6.45) is 0. The third-order valence-electron chi connectivity index (χ3n) is 2.71. The van der Waals surface area contributed by atoms with E-state index < -0.39 is 0 Å². The Hall–Kier alpha value is -1.92. The maximum absolute atomic E-state index is 12.0. The van der Waals surface area contributed by atoms with Crippen molar-refractivity contribution < 1.29 is 4.79 Å². The number of aromatic nitrogens is 1. The zero-order valence-electron chi connectivity index (χ0n) is 10.9. The van der Waals surface area contributed by atoms with Crippen LogP contribution in [0.2, 0.25) is 0 Å². The molecular weight excluding hydrogens is 260 g/mol. The zero-order valence-corrected chi connectivity index (χ0v) is 11.7. The second kappa shape index (κ2) is 5.81. The first kappa shape index (κ1) is 13.5. The zero-order chi connectivity index (χ0) is 13.8. The average molecular weight is 276 g/mol. The third-order valence-corrected chi connectivity index (χ3v) is 3.68. The van der Waals surface area contributed by atoms with Gasteiger partial charge in [0.1, 0.15) is 5.01 Å². The topological polar surface area (TPSA) is 80.0 Å². The number of nitrogens with zero attached hydrogens (tertiary/aromatic N) is 1. The summed E-state index contributed by atoms with van der Waals surface area (Å²) in [4.78, 5) is 16.3. The van der Waals surface area contributed by atoms with Crippen LogP contribution in [0, 0.1) is 13.8 Å². The van der Waals surface area contributed by atoms with E-state index >= 15 is 0 Å². The number of nitrogen functional groups attached to an aromatic ring is 1. The largest absolute Gasteiger partial charge is 0.346 e. The van der Waals surface area contributed by atoms with Gasteiger partial charge in [0.15, 0.2) is 0 Å². The molecule has 0 saturated carbocycles. The van der Waals surface area contributed by atoms with Gasteiger partial charge in [-0.1, -0.05) is 0 Å². The van der Waals surface area contributed by atoms with Crippen molar-refractivity contribution in [3.05, 3.63) is 45.4 Å². The first-order valence-electron chi connectivity index (χ1n) is 5.86. The molecular formula is C13H16N4OS. The van der Waals surface area contributed by atoms with Crippen molar-refractivity contribution in [2.24, 2.45) is 5.84 Å². The van der Waals surface area contributed by atoms with Gasteiger partial charge in [-0.2, -0.15) is 0 Å². The van der Waals surface area contributed by atoms with Crippen molar-refractivity contribution in [3.63, 3.8) is 0 Å². The Kier molecular flexibility index (Phi) is 4.13. The number of anilines is 1. The van der Waals surface area contributed by atoms with Crippen LogP contribution >= 0.6 is 11.3 Å². The molecule has 4 N–H and O–H groups in total. The van der Waals surface area contributed by atoms with E-state index in [-0.39, 0.29) is 5.91 Å². The molecule has 0 saturated heterocycles. The maximum atomic E-state index is 12.0. The van der Waals surface area contributed by atoms with Crippen LogP contribution in [0.4, 0.5) is 5.69 Å². The molecule has 6 heteroatoms. The summed E-state index contributed by atoms with van der Waals surface area (Å²) < 4.78 is 0. The van der Waals surface area contributed by atoms with Crippen LogP contribution in [0.15, 0.2) is 23.6 Å². The molecule has 2 rings (SSSR count). The predicted molar refractivity (Wildman–Crippen MR) is 77.0 cm³/mol. The standard InChI is InChI=1S/C13H16N4OS/c1-8-5-10(3-4-11(8)17-14)13(18)15-6-12-16-9(2)7-19-12/h3-5,7,17H,6,14H2,1-2H3,(H,15,18). The van der Waals surface area contributed by atoms with Crippen LogP contribution in [0.25, 0.3) is 0 Å². The van der Waals surface area contributed by atoms with Crippen LogP contribution in [0.1, 0.15) is 26.6 Å². The normalized spacial score (nSPS) is 10.3. The number of amides is 1. The summed E-state index contributed by atoms with van der Waals surface area (Å²) in [5.74, 6) is 5.24. The van der Waals surface area contributed by atoms with Gasteiger partial charge in [-0.05, 0) is 37.6 Å². The highest BCUT2D eigenvalue weighted by molar-refractivity contribution is 7.09. The molecule has 0 aliphatic rings. The van der Waals surface area contributed by atoms with Gasteiger partial charge in [0, 0.05) is 16.6 Å². The summed E-state index contributed by atoms with van der Waals surface area (Å²) in [5.41, 5.74) is 5.92. The van der Waals surface area contributed by atoms with Crippen molar-refractivity contribution in [3.8, 4) is 0 Å². The van der Waals surface area contributed by atoms with Crippen molar-refractivity contribution in [1.82, 2.24) is 10.3 Å². The van der Waals surface area contributed by atoms with Gasteiger partial charge in [-0.3, -0.25) is 10.6 Å². The van der Waals surface area contributed by atoms with Gasteiger partial charge in [-0.15, -0.1) is 11.3 Å². The molecule has 1 amide bonds. The molecule has 19 heavy (non-hydrogen) atoms. The molecule has 0 aliphatic heterocycles. The van der Waals surface area contributed by atoms with Gasteiger partial charge in [0.05, 0.1) is 12.2 Å². The van der Waals surface area contributed by atoms with E-state index in [1.807, 2.05) is 19.2 Å². The number of hydrazine groups is 1. The van der Waals surface area contributed by atoms with E-state index in [0.29, 0.717) is 12.1 Å². The number of thiazole rings is 1. The van der Waals surface area contributed by atoms with Gasteiger partial charge in [0.25, 0.3) is 5.91 Å². The van der Waals surface area contributed by atoms with Crippen molar-refractivity contribution in [1.29, 1.82) is 0 Å². The van der Waals surface area contributed by atoms with Gasteiger partial charge in [-0.25, -0.2) is 4.98 Å². The number of aryl methyl sites for hydroxylation is 2. The minimum Gasteiger partial charge on any atom is -0.346 e. The predicted octanol–water partition coefficient (Wildman–Crippen LogP) is 1.98. The molecule has 0 aliphatic carbocycles. The third kappa shape index (κ3) is 3.30. The maximum Gasteiger partial charge on any atom is 0.251 e. The summed E-state index contributed by atoms with van der Waals surface area (Å²) in [6, 6.07) is 5.33. The van der Waals surface area contributed by atoms with Gasteiger partial charge < -0.3 is 10.7 Å². The highest BCUT2D eigenvalue weighted by Gasteiger charge is 2.08. The van der Waals surface area contributed by atoms with E-state index in [4.69, 9.17) is 5.84 Å². The molecule has 0 radical (unpaired) electrons. The van der Waals surface area contributed by atoms with Crippen LogP contribution in [-0.2, 0) is 6.54 Å². The Morgan fingerprint density at radius 1 is 1.42 bits per heavy atom. The van der Waals surface area contributed by atoms with Crippen LogP contribution in [0.3, 0.4) is 0 Å². The Labute approximate surface area is 115 Å². The molecule has 0 fully saturated rings. The number of carbonyl (C=O) groups excluding carboxylic acids is 1. The first-order valence-corrected chi connectivity index (χ1v) is 6.74. The summed E-state index contributed by atoms with van der Waals surface area (Å²) in [7, 11) is 0. The molecule has 0 spiro atoms. The smallest absolute Gasteiger partial charge is 0.251 e. The second-order valence-electron chi connectivity index (χ2n) is 4.24. The molecule has 0 atom stereocenters. The lowest BCUT2D eigenvalue weighted by Crippen LogP contribution is -2.23. The monoisotopic (exact) mass is 276 g/mol. The van der Waals surface area contributed by atoms with Crippen molar-refractivity contribution >= 4 is 22.9 Å². The highest BCUT2D eigenvalue weighted by Crippen LogP contribution is 2.15. The van der Waals surface area contributed by atoms with Crippen molar-refractivity contribution in [2.45, 2.75) is 20.4 Å². The number of nitrogens with two attached hydrogens (primary N) is 1.